The van der Waals surface area contributed by atoms with Crippen molar-refractivity contribution in [2.75, 3.05) is 16.8 Å². The van der Waals surface area contributed by atoms with Gasteiger partial charge in [0.15, 0.2) is 11.6 Å². The van der Waals surface area contributed by atoms with Crippen LogP contribution in [0.1, 0.15) is 32.3 Å². The quantitative estimate of drug-likeness (QED) is 0.938. The maximum atomic E-state index is 11.8. The number of aromatic nitrogens is 2. The normalized spacial score (nSPS) is 13.8. The van der Waals surface area contributed by atoms with E-state index in [0.29, 0.717) is 18.2 Å². The Bertz CT molecular complexity index is 682. The highest BCUT2D eigenvalue weighted by Gasteiger charge is 2.19. The van der Waals surface area contributed by atoms with Crippen LogP contribution in [0.5, 0.6) is 0 Å². The third kappa shape index (κ3) is 3.67. The molecule has 0 saturated heterocycles. The van der Waals surface area contributed by atoms with Gasteiger partial charge in [-0.2, -0.15) is 0 Å². The summed E-state index contributed by atoms with van der Waals surface area (Å²) < 4.78 is 0. The van der Waals surface area contributed by atoms with E-state index in [1.807, 2.05) is 32.0 Å². The molecule has 0 atom stereocenters. The summed E-state index contributed by atoms with van der Waals surface area (Å²) in [5.41, 5.74) is 2.54. The standard InChI is InChI=1S/C18H22N4O/c1-13(2)12-18(23)19-16-9-10-17(21-20-16)22-11-5-7-14-6-3-4-8-15(14)22/h3-4,6,8-10,13H,5,7,11-12H2,1-2H3,(H,19,20,23). The van der Waals surface area contributed by atoms with Crippen molar-refractivity contribution in [2.45, 2.75) is 33.1 Å². The molecule has 1 aliphatic heterocycles. The lowest BCUT2D eigenvalue weighted by Crippen LogP contribution is -2.25. The van der Waals surface area contributed by atoms with Gasteiger partial charge in [0, 0.05) is 18.7 Å². The van der Waals surface area contributed by atoms with Crippen molar-refractivity contribution >= 4 is 23.2 Å². The fraction of sp³-hybridized carbons (Fsp3) is 0.389. The van der Waals surface area contributed by atoms with Crippen molar-refractivity contribution in [3.63, 3.8) is 0 Å². The number of benzene rings is 1. The van der Waals surface area contributed by atoms with Crippen LogP contribution in [0.4, 0.5) is 17.3 Å². The smallest absolute Gasteiger partial charge is 0.225 e. The molecule has 5 nitrogen and oxygen atoms in total. The van der Waals surface area contributed by atoms with Crippen LogP contribution in [0.2, 0.25) is 0 Å². The Morgan fingerprint density at radius 3 is 2.78 bits per heavy atom. The molecule has 2 aromatic rings. The Morgan fingerprint density at radius 1 is 1.22 bits per heavy atom. The molecule has 0 radical (unpaired) electrons. The minimum absolute atomic E-state index is 0.0228. The van der Waals surface area contributed by atoms with Crippen molar-refractivity contribution in [2.24, 2.45) is 5.92 Å². The second kappa shape index (κ2) is 6.77. The van der Waals surface area contributed by atoms with Gasteiger partial charge >= 0.3 is 0 Å². The highest BCUT2D eigenvalue weighted by Crippen LogP contribution is 2.31. The van der Waals surface area contributed by atoms with Gasteiger partial charge in [-0.25, -0.2) is 0 Å². The fourth-order valence-electron chi connectivity index (χ4n) is 2.87. The van der Waals surface area contributed by atoms with E-state index in [4.69, 9.17) is 0 Å². The van der Waals surface area contributed by atoms with Crippen molar-refractivity contribution < 1.29 is 4.79 Å². The highest BCUT2D eigenvalue weighted by molar-refractivity contribution is 5.89. The average molecular weight is 310 g/mol. The molecule has 1 aliphatic rings. The second-order valence-corrected chi connectivity index (χ2v) is 6.31. The van der Waals surface area contributed by atoms with Crippen LogP contribution in [0.15, 0.2) is 36.4 Å². The molecule has 120 valence electrons. The predicted molar refractivity (Wildman–Crippen MR) is 91.9 cm³/mol. The zero-order valence-corrected chi connectivity index (χ0v) is 13.6. The van der Waals surface area contributed by atoms with Gasteiger partial charge in [-0.05, 0) is 42.5 Å². The summed E-state index contributed by atoms with van der Waals surface area (Å²) in [6.45, 7) is 4.97. The Morgan fingerprint density at radius 2 is 2.04 bits per heavy atom. The van der Waals surface area contributed by atoms with E-state index in [2.05, 4.69) is 38.6 Å². The van der Waals surface area contributed by atoms with Crippen LogP contribution < -0.4 is 10.2 Å². The summed E-state index contributed by atoms with van der Waals surface area (Å²) in [5.74, 6) is 1.63. The lowest BCUT2D eigenvalue weighted by Gasteiger charge is -2.29. The SMILES string of the molecule is CC(C)CC(=O)Nc1ccc(N2CCCc3ccccc32)nn1. The van der Waals surface area contributed by atoms with Gasteiger partial charge in [-0.3, -0.25) is 4.79 Å². The minimum Gasteiger partial charge on any atom is -0.325 e. The molecule has 0 fully saturated rings. The Labute approximate surface area is 136 Å². The molecule has 23 heavy (non-hydrogen) atoms. The Kier molecular flexibility index (Phi) is 4.55. The molecule has 1 aromatic carbocycles. The van der Waals surface area contributed by atoms with E-state index in [1.165, 1.54) is 11.3 Å². The van der Waals surface area contributed by atoms with Gasteiger partial charge in [-0.15, -0.1) is 10.2 Å². The van der Waals surface area contributed by atoms with Crippen LogP contribution in [0.25, 0.3) is 0 Å². The molecule has 0 saturated carbocycles. The first-order chi connectivity index (χ1) is 11.1. The third-order valence-corrected chi connectivity index (χ3v) is 3.90. The van der Waals surface area contributed by atoms with Crippen LogP contribution >= 0.6 is 0 Å². The van der Waals surface area contributed by atoms with Crippen LogP contribution in [-0.4, -0.2) is 22.6 Å². The summed E-state index contributed by atoms with van der Waals surface area (Å²) in [6, 6.07) is 12.1. The molecule has 2 heterocycles. The third-order valence-electron chi connectivity index (χ3n) is 3.90. The Hall–Kier alpha value is -2.43. The van der Waals surface area contributed by atoms with Gasteiger partial charge in [0.1, 0.15) is 0 Å². The molecule has 1 aromatic heterocycles. The molecular weight excluding hydrogens is 288 g/mol. The number of hydrogen-bond acceptors (Lipinski definition) is 4. The zero-order chi connectivity index (χ0) is 16.2. The monoisotopic (exact) mass is 310 g/mol. The molecule has 0 spiro atoms. The lowest BCUT2D eigenvalue weighted by molar-refractivity contribution is -0.116. The molecule has 0 unspecified atom stereocenters. The van der Waals surface area contributed by atoms with E-state index in [9.17, 15) is 4.79 Å². The van der Waals surface area contributed by atoms with Gasteiger partial charge in [0.25, 0.3) is 0 Å². The van der Waals surface area contributed by atoms with Gasteiger partial charge < -0.3 is 10.2 Å². The van der Waals surface area contributed by atoms with E-state index in [-0.39, 0.29) is 5.91 Å². The molecule has 3 rings (SSSR count). The first kappa shape index (κ1) is 15.5. The fourth-order valence-corrected chi connectivity index (χ4v) is 2.87. The summed E-state index contributed by atoms with van der Waals surface area (Å²) >= 11 is 0. The maximum Gasteiger partial charge on any atom is 0.225 e. The van der Waals surface area contributed by atoms with E-state index in [0.717, 1.165) is 25.2 Å². The summed E-state index contributed by atoms with van der Waals surface area (Å²) in [4.78, 5) is 14.0. The van der Waals surface area contributed by atoms with Crippen molar-refractivity contribution in [3.8, 4) is 0 Å². The molecular formula is C18H22N4O. The van der Waals surface area contributed by atoms with E-state index >= 15 is 0 Å². The molecule has 1 N–H and O–H groups in total. The molecule has 5 heteroatoms. The maximum absolute atomic E-state index is 11.8. The number of carbonyl (C=O) groups excluding carboxylic acids is 1. The largest absolute Gasteiger partial charge is 0.325 e. The minimum atomic E-state index is -0.0228. The summed E-state index contributed by atoms with van der Waals surface area (Å²) in [6.07, 6.45) is 2.69. The number of amides is 1. The van der Waals surface area contributed by atoms with Gasteiger partial charge in [-0.1, -0.05) is 32.0 Å². The summed E-state index contributed by atoms with van der Waals surface area (Å²) in [5, 5.41) is 11.2. The van der Waals surface area contributed by atoms with E-state index in [1.54, 1.807) is 0 Å². The number of carbonyl (C=O) groups is 1. The number of fused-ring (bicyclic) bond motifs is 1. The van der Waals surface area contributed by atoms with Crippen LogP contribution in [0, 0.1) is 5.92 Å². The molecule has 0 bridgehead atoms. The topological polar surface area (TPSA) is 58.1 Å². The molecule has 1 amide bonds. The predicted octanol–water partition coefficient (Wildman–Crippen LogP) is 3.55. The number of nitrogens with one attached hydrogen (secondary N) is 1. The lowest BCUT2D eigenvalue weighted by atomic mass is 10.0. The number of anilines is 3. The number of hydrogen-bond donors (Lipinski definition) is 1. The highest BCUT2D eigenvalue weighted by atomic mass is 16.1. The Balaban J connectivity index is 1.74. The van der Waals surface area contributed by atoms with Gasteiger partial charge in [0.2, 0.25) is 5.91 Å². The number of rotatable bonds is 4. The zero-order valence-electron chi connectivity index (χ0n) is 13.6. The number of aryl methyl sites for hydroxylation is 1. The van der Waals surface area contributed by atoms with Crippen molar-refractivity contribution in [1.82, 2.24) is 10.2 Å². The van der Waals surface area contributed by atoms with Crippen LogP contribution in [-0.2, 0) is 11.2 Å². The average Bonchev–Trinajstić information content (AvgIpc) is 2.54. The number of nitrogens with zero attached hydrogens (tertiary/aromatic N) is 3. The summed E-state index contributed by atoms with van der Waals surface area (Å²) in [7, 11) is 0. The molecule has 0 aliphatic carbocycles. The van der Waals surface area contributed by atoms with Crippen LogP contribution in [0.3, 0.4) is 0 Å². The van der Waals surface area contributed by atoms with Crippen molar-refractivity contribution in [3.05, 3.63) is 42.0 Å². The van der Waals surface area contributed by atoms with Crippen molar-refractivity contribution in [1.29, 1.82) is 0 Å². The number of para-hydroxylation sites is 1. The first-order valence-electron chi connectivity index (χ1n) is 8.12. The first-order valence-corrected chi connectivity index (χ1v) is 8.12. The van der Waals surface area contributed by atoms with Gasteiger partial charge in [0.05, 0.1) is 0 Å². The second-order valence-electron chi connectivity index (χ2n) is 6.31. The van der Waals surface area contributed by atoms with E-state index < -0.39 is 0 Å².